The Hall–Kier alpha value is -1.02. The normalized spacial score (nSPS) is 24.5. The Morgan fingerprint density at radius 2 is 1.47 bits per heavy atom. The van der Waals surface area contributed by atoms with Crippen LogP contribution in [-0.2, 0) is 5.60 Å². The Labute approximate surface area is 115 Å². The summed E-state index contributed by atoms with van der Waals surface area (Å²) in [6.07, 6.45) is 9.75. The maximum absolute atomic E-state index is 10.9. The molecule has 2 aliphatic rings. The van der Waals surface area contributed by atoms with Crippen LogP contribution in [0.25, 0.3) is 0 Å². The number of hydrogen-bond acceptors (Lipinski definition) is 2. The molecule has 19 heavy (non-hydrogen) atoms. The van der Waals surface area contributed by atoms with Crippen LogP contribution in [0.5, 0.6) is 5.75 Å². The largest absolute Gasteiger partial charge is 0.497 e. The molecule has 1 aromatic rings. The highest BCUT2D eigenvalue weighted by molar-refractivity contribution is 5.31. The summed E-state index contributed by atoms with van der Waals surface area (Å²) < 4.78 is 5.18. The summed E-state index contributed by atoms with van der Waals surface area (Å²) >= 11 is 0. The van der Waals surface area contributed by atoms with Gasteiger partial charge in [0.25, 0.3) is 0 Å². The highest BCUT2D eigenvalue weighted by Crippen LogP contribution is 2.53. The Morgan fingerprint density at radius 3 is 2.00 bits per heavy atom. The van der Waals surface area contributed by atoms with E-state index in [4.69, 9.17) is 4.74 Å². The van der Waals surface area contributed by atoms with Crippen molar-refractivity contribution in [3.05, 3.63) is 29.8 Å². The average molecular weight is 260 g/mol. The molecule has 0 heterocycles. The molecule has 0 aromatic heterocycles. The molecule has 2 nitrogen and oxygen atoms in total. The average Bonchev–Trinajstić information content (AvgIpc) is 2.92. The lowest BCUT2D eigenvalue weighted by molar-refractivity contribution is -0.0376. The molecule has 3 rings (SSSR count). The molecular formula is C17H24O2. The molecule has 0 bridgehead atoms. The molecule has 0 atom stereocenters. The minimum absolute atomic E-state index is 0.568. The number of rotatable bonds is 2. The van der Waals surface area contributed by atoms with Crippen LogP contribution in [0.1, 0.15) is 56.9 Å². The van der Waals surface area contributed by atoms with Gasteiger partial charge in [-0.25, -0.2) is 0 Å². The third-order valence-corrected chi connectivity index (χ3v) is 5.43. The van der Waals surface area contributed by atoms with E-state index in [0.29, 0.717) is 5.41 Å². The lowest BCUT2D eigenvalue weighted by Crippen LogP contribution is -2.35. The van der Waals surface area contributed by atoms with Gasteiger partial charge in [-0.15, -0.1) is 0 Å². The van der Waals surface area contributed by atoms with E-state index in [0.717, 1.165) is 24.2 Å². The summed E-state index contributed by atoms with van der Waals surface area (Å²) in [5, 5.41) is 10.9. The summed E-state index contributed by atoms with van der Waals surface area (Å²) in [4.78, 5) is 0. The van der Waals surface area contributed by atoms with E-state index >= 15 is 0 Å². The highest BCUT2D eigenvalue weighted by Gasteiger charge is 2.43. The van der Waals surface area contributed by atoms with E-state index in [9.17, 15) is 5.11 Å². The van der Waals surface area contributed by atoms with Crippen LogP contribution in [0.4, 0.5) is 0 Å². The summed E-state index contributed by atoms with van der Waals surface area (Å²) in [6, 6.07) is 7.94. The first-order valence-electron chi connectivity index (χ1n) is 7.53. The Morgan fingerprint density at radius 1 is 0.895 bits per heavy atom. The molecule has 0 saturated heterocycles. The first kappa shape index (κ1) is 13.0. The molecule has 1 spiro atoms. The SMILES string of the molecule is COc1ccc(C2(O)CCC3(CCCC3)CC2)cc1. The smallest absolute Gasteiger partial charge is 0.118 e. The van der Waals surface area contributed by atoms with E-state index in [1.807, 2.05) is 24.3 Å². The first-order valence-corrected chi connectivity index (χ1v) is 7.53. The Balaban J connectivity index is 1.73. The standard InChI is InChI=1S/C17H24O2/c1-19-15-6-4-14(5-7-15)17(18)12-10-16(11-13-17)8-2-3-9-16/h4-7,18H,2-3,8-13H2,1H3. The van der Waals surface area contributed by atoms with Crippen LogP contribution in [0, 0.1) is 5.41 Å². The number of hydrogen-bond donors (Lipinski definition) is 1. The fourth-order valence-electron chi connectivity index (χ4n) is 4.01. The summed E-state index contributed by atoms with van der Waals surface area (Å²) in [5.74, 6) is 0.857. The van der Waals surface area contributed by atoms with Gasteiger partial charge in [-0.3, -0.25) is 0 Å². The van der Waals surface area contributed by atoms with E-state index in [-0.39, 0.29) is 0 Å². The van der Waals surface area contributed by atoms with Crippen molar-refractivity contribution in [1.82, 2.24) is 0 Å². The van der Waals surface area contributed by atoms with Gasteiger partial charge in [0.15, 0.2) is 0 Å². The Bertz CT molecular complexity index is 419. The zero-order chi connectivity index (χ0) is 13.3. The molecule has 0 amide bonds. The van der Waals surface area contributed by atoms with Crippen molar-refractivity contribution in [2.45, 2.75) is 57.0 Å². The van der Waals surface area contributed by atoms with Crippen LogP contribution < -0.4 is 4.74 Å². The lowest BCUT2D eigenvalue weighted by Gasteiger charge is -2.42. The van der Waals surface area contributed by atoms with Crippen LogP contribution in [0.2, 0.25) is 0 Å². The topological polar surface area (TPSA) is 29.5 Å². The number of aliphatic hydroxyl groups is 1. The predicted octanol–water partition coefficient (Wildman–Crippen LogP) is 4.02. The molecule has 2 aliphatic carbocycles. The van der Waals surface area contributed by atoms with Crippen molar-refractivity contribution < 1.29 is 9.84 Å². The molecule has 0 radical (unpaired) electrons. The summed E-state index contributed by atoms with van der Waals surface area (Å²) in [7, 11) is 1.67. The quantitative estimate of drug-likeness (QED) is 0.870. The van der Waals surface area contributed by atoms with Crippen molar-refractivity contribution in [3.63, 3.8) is 0 Å². The van der Waals surface area contributed by atoms with Crippen molar-refractivity contribution in [1.29, 1.82) is 0 Å². The second-order valence-electron chi connectivity index (χ2n) is 6.47. The maximum atomic E-state index is 10.9. The van der Waals surface area contributed by atoms with E-state index in [1.165, 1.54) is 38.5 Å². The van der Waals surface area contributed by atoms with Crippen LogP contribution >= 0.6 is 0 Å². The molecular weight excluding hydrogens is 236 g/mol. The highest BCUT2D eigenvalue weighted by atomic mass is 16.5. The van der Waals surface area contributed by atoms with E-state index < -0.39 is 5.60 Å². The van der Waals surface area contributed by atoms with E-state index in [2.05, 4.69) is 0 Å². The van der Waals surface area contributed by atoms with Gasteiger partial charge in [-0.2, -0.15) is 0 Å². The van der Waals surface area contributed by atoms with Crippen molar-refractivity contribution in [2.24, 2.45) is 5.41 Å². The summed E-state index contributed by atoms with van der Waals surface area (Å²) in [6.45, 7) is 0. The van der Waals surface area contributed by atoms with Crippen LogP contribution in [-0.4, -0.2) is 12.2 Å². The predicted molar refractivity (Wildman–Crippen MR) is 76.3 cm³/mol. The van der Waals surface area contributed by atoms with Gasteiger partial charge in [-0.05, 0) is 61.6 Å². The third-order valence-electron chi connectivity index (χ3n) is 5.43. The van der Waals surface area contributed by atoms with Gasteiger partial charge >= 0.3 is 0 Å². The molecule has 2 heteroatoms. The van der Waals surface area contributed by atoms with Gasteiger partial charge < -0.3 is 9.84 Å². The number of ether oxygens (including phenoxy) is 1. The Kier molecular flexibility index (Phi) is 3.30. The fourth-order valence-corrected chi connectivity index (χ4v) is 4.01. The van der Waals surface area contributed by atoms with Gasteiger partial charge in [0, 0.05) is 0 Å². The van der Waals surface area contributed by atoms with Gasteiger partial charge in [-0.1, -0.05) is 25.0 Å². The first-order chi connectivity index (χ1) is 9.16. The van der Waals surface area contributed by atoms with Gasteiger partial charge in [0.2, 0.25) is 0 Å². The van der Waals surface area contributed by atoms with Crippen molar-refractivity contribution in [3.8, 4) is 5.75 Å². The van der Waals surface area contributed by atoms with Crippen LogP contribution in [0.15, 0.2) is 24.3 Å². The second kappa shape index (κ2) is 4.82. The molecule has 2 fully saturated rings. The minimum atomic E-state index is -0.611. The third kappa shape index (κ3) is 2.38. The lowest BCUT2D eigenvalue weighted by atomic mass is 9.66. The molecule has 1 aromatic carbocycles. The maximum Gasteiger partial charge on any atom is 0.118 e. The molecule has 2 saturated carbocycles. The fraction of sp³-hybridized carbons (Fsp3) is 0.647. The van der Waals surface area contributed by atoms with Crippen LogP contribution in [0.3, 0.4) is 0 Å². The van der Waals surface area contributed by atoms with Gasteiger partial charge in [0.05, 0.1) is 12.7 Å². The molecule has 0 unspecified atom stereocenters. The summed E-state index contributed by atoms with van der Waals surface area (Å²) in [5.41, 5.74) is 1.01. The number of benzene rings is 1. The molecule has 104 valence electrons. The number of methoxy groups -OCH3 is 1. The molecule has 0 aliphatic heterocycles. The zero-order valence-corrected chi connectivity index (χ0v) is 11.8. The van der Waals surface area contributed by atoms with Crippen molar-refractivity contribution in [2.75, 3.05) is 7.11 Å². The zero-order valence-electron chi connectivity index (χ0n) is 11.8. The monoisotopic (exact) mass is 260 g/mol. The minimum Gasteiger partial charge on any atom is -0.497 e. The van der Waals surface area contributed by atoms with E-state index in [1.54, 1.807) is 7.11 Å². The second-order valence-corrected chi connectivity index (χ2v) is 6.47. The van der Waals surface area contributed by atoms with Crippen molar-refractivity contribution >= 4 is 0 Å². The van der Waals surface area contributed by atoms with Gasteiger partial charge in [0.1, 0.15) is 5.75 Å². The molecule has 1 N–H and O–H groups in total.